The van der Waals surface area contributed by atoms with Crippen LogP contribution in [0, 0.1) is 5.41 Å². The Morgan fingerprint density at radius 2 is 2.00 bits per heavy atom. The molecule has 0 aromatic carbocycles. The Morgan fingerprint density at radius 3 is 2.41 bits per heavy atom. The summed E-state index contributed by atoms with van der Waals surface area (Å²) in [5.74, 6) is 0.212. The van der Waals surface area contributed by atoms with Gasteiger partial charge in [0.2, 0.25) is 5.91 Å². The number of amides is 1. The Bertz CT molecular complexity index is 284. The summed E-state index contributed by atoms with van der Waals surface area (Å²) in [6.07, 6.45) is 0.801. The maximum atomic E-state index is 12.5. The van der Waals surface area contributed by atoms with Gasteiger partial charge in [-0.15, -0.1) is 0 Å². The summed E-state index contributed by atoms with van der Waals surface area (Å²) in [6.45, 7) is 11.3. The molecular formula is C13H27N3O. The van der Waals surface area contributed by atoms with Gasteiger partial charge < -0.3 is 10.6 Å². The molecular weight excluding hydrogens is 214 g/mol. The topological polar surface area (TPSA) is 49.6 Å². The highest BCUT2D eigenvalue weighted by atomic mass is 16.2. The molecule has 4 heteroatoms. The van der Waals surface area contributed by atoms with Gasteiger partial charge in [-0.2, -0.15) is 0 Å². The molecule has 1 unspecified atom stereocenters. The third-order valence-electron chi connectivity index (χ3n) is 4.35. The van der Waals surface area contributed by atoms with Crippen LogP contribution in [0.1, 0.15) is 34.1 Å². The third kappa shape index (κ3) is 2.80. The molecule has 1 saturated heterocycles. The van der Waals surface area contributed by atoms with Gasteiger partial charge in [0, 0.05) is 31.7 Å². The molecule has 1 heterocycles. The summed E-state index contributed by atoms with van der Waals surface area (Å²) in [4.78, 5) is 16.8. The lowest BCUT2D eigenvalue weighted by Crippen LogP contribution is -2.61. The first-order chi connectivity index (χ1) is 7.77. The molecule has 1 aliphatic rings. The van der Waals surface area contributed by atoms with Gasteiger partial charge in [-0.1, -0.05) is 6.92 Å². The molecule has 4 nitrogen and oxygen atoms in total. The normalized spacial score (nSPS) is 24.5. The molecule has 1 aliphatic heterocycles. The van der Waals surface area contributed by atoms with E-state index < -0.39 is 5.41 Å². The average molecular weight is 241 g/mol. The highest BCUT2D eigenvalue weighted by Gasteiger charge is 2.39. The number of likely N-dealkylation sites (N-methyl/N-ethyl adjacent to an activating group) is 1. The second kappa shape index (κ2) is 4.94. The predicted octanol–water partition coefficient (Wildman–Crippen LogP) is 0.914. The lowest BCUT2D eigenvalue weighted by molar-refractivity contribution is -0.145. The van der Waals surface area contributed by atoms with E-state index in [0.717, 1.165) is 26.1 Å². The molecule has 0 bridgehead atoms. The molecule has 0 aromatic rings. The number of rotatable bonds is 3. The number of nitrogens with two attached hydrogens (primary N) is 1. The number of carbonyl (C=O) groups excluding carboxylic acids is 1. The van der Waals surface area contributed by atoms with E-state index in [1.807, 2.05) is 18.7 Å². The average Bonchev–Trinajstić information content (AvgIpc) is 2.30. The number of carbonyl (C=O) groups is 1. The minimum Gasteiger partial charge on any atom is -0.339 e. The summed E-state index contributed by atoms with van der Waals surface area (Å²) in [7, 11) is 2.11. The maximum absolute atomic E-state index is 12.5. The van der Waals surface area contributed by atoms with Crippen molar-refractivity contribution in [2.45, 2.75) is 39.7 Å². The van der Waals surface area contributed by atoms with Crippen LogP contribution in [0.15, 0.2) is 0 Å². The predicted molar refractivity (Wildman–Crippen MR) is 70.7 cm³/mol. The van der Waals surface area contributed by atoms with Crippen LogP contribution in [0.5, 0.6) is 0 Å². The van der Waals surface area contributed by atoms with Crippen molar-refractivity contribution in [2.24, 2.45) is 11.1 Å². The zero-order valence-electron chi connectivity index (χ0n) is 11.9. The molecule has 17 heavy (non-hydrogen) atoms. The van der Waals surface area contributed by atoms with Crippen LogP contribution in [0.3, 0.4) is 0 Å². The van der Waals surface area contributed by atoms with Crippen molar-refractivity contribution in [2.75, 3.05) is 33.2 Å². The summed E-state index contributed by atoms with van der Waals surface area (Å²) in [6, 6.07) is 0. The van der Waals surface area contributed by atoms with Crippen LogP contribution in [0.2, 0.25) is 0 Å². The molecule has 100 valence electrons. The Labute approximate surface area is 105 Å². The molecule has 0 aliphatic carbocycles. The number of nitrogens with zero attached hydrogens (tertiary/aromatic N) is 2. The van der Waals surface area contributed by atoms with Crippen LogP contribution < -0.4 is 5.73 Å². The van der Waals surface area contributed by atoms with E-state index in [4.69, 9.17) is 5.73 Å². The zero-order valence-corrected chi connectivity index (χ0v) is 11.9. The molecule has 0 saturated carbocycles. The molecule has 2 N–H and O–H groups in total. The van der Waals surface area contributed by atoms with Gasteiger partial charge >= 0.3 is 0 Å². The van der Waals surface area contributed by atoms with E-state index in [1.54, 1.807) is 0 Å². The van der Waals surface area contributed by atoms with E-state index in [9.17, 15) is 4.79 Å². The van der Waals surface area contributed by atoms with Gasteiger partial charge in [-0.3, -0.25) is 9.69 Å². The van der Waals surface area contributed by atoms with Crippen molar-refractivity contribution in [1.29, 1.82) is 0 Å². The molecule has 1 fully saturated rings. The SMILES string of the molecule is CCC(C)(CN)C(=O)N1CCN(C)C(C)(C)C1. The molecule has 0 radical (unpaired) electrons. The van der Waals surface area contributed by atoms with Crippen molar-refractivity contribution >= 4 is 5.91 Å². The van der Waals surface area contributed by atoms with Gasteiger partial charge in [0.05, 0.1) is 5.41 Å². The molecule has 0 aromatic heterocycles. The van der Waals surface area contributed by atoms with Crippen LogP contribution in [0.25, 0.3) is 0 Å². The van der Waals surface area contributed by atoms with Gasteiger partial charge in [-0.05, 0) is 34.2 Å². The molecule has 1 atom stereocenters. The number of piperazine rings is 1. The molecule has 1 rings (SSSR count). The van der Waals surface area contributed by atoms with Gasteiger partial charge in [0.1, 0.15) is 0 Å². The van der Waals surface area contributed by atoms with Crippen molar-refractivity contribution in [3.05, 3.63) is 0 Å². The zero-order chi connectivity index (χ0) is 13.3. The number of hydrogen-bond acceptors (Lipinski definition) is 3. The van der Waals surface area contributed by atoms with E-state index >= 15 is 0 Å². The summed E-state index contributed by atoms with van der Waals surface area (Å²) < 4.78 is 0. The summed E-state index contributed by atoms with van der Waals surface area (Å²) >= 11 is 0. The first-order valence-corrected chi connectivity index (χ1v) is 6.47. The quantitative estimate of drug-likeness (QED) is 0.799. The fraction of sp³-hybridized carbons (Fsp3) is 0.923. The summed E-state index contributed by atoms with van der Waals surface area (Å²) in [5.41, 5.74) is 5.42. The minimum absolute atomic E-state index is 0.0527. The van der Waals surface area contributed by atoms with Gasteiger partial charge in [-0.25, -0.2) is 0 Å². The van der Waals surface area contributed by atoms with Crippen molar-refractivity contribution in [3.8, 4) is 0 Å². The van der Waals surface area contributed by atoms with Crippen LogP contribution in [-0.2, 0) is 4.79 Å². The van der Waals surface area contributed by atoms with E-state index in [0.29, 0.717) is 6.54 Å². The lowest BCUT2D eigenvalue weighted by Gasteiger charge is -2.47. The smallest absolute Gasteiger partial charge is 0.229 e. The minimum atomic E-state index is -0.397. The fourth-order valence-electron chi connectivity index (χ4n) is 2.18. The second-order valence-electron chi connectivity index (χ2n) is 6.08. The standard InChI is InChI=1S/C13H27N3O/c1-6-13(4,9-14)11(17)16-8-7-15(5)12(2,3)10-16/h6-10,14H2,1-5H3. The third-order valence-corrected chi connectivity index (χ3v) is 4.35. The maximum Gasteiger partial charge on any atom is 0.229 e. The van der Waals surface area contributed by atoms with Crippen LogP contribution in [-0.4, -0.2) is 54.5 Å². The Balaban J connectivity index is 2.78. The molecule has 0 spiro atoms. The molecule has 1 amide bonds. The van der Waals surface area contributed by atoms with Gasteiger partial charge in [0.15, 0.2) is 0 Å². The van der Waals surface area contributed by atoms with E-state index in [1.165, 1.54) is 0 Å². The highest BCUT2D eigenvalue weighted by Crippen LogP contribution is 2.26. The van der Waals surface area contributed by atoms with Crippen LogP contribution in [0.4, 0.5) is 0 Å². The summed E-state index contributed by atoms with van der Waals surface area (Å²) in [5, 5.41) is 0. The van der Waals surface area contributed by atoms with Crippen molar-refractivity contribution < 1.29 is 4.79 Å². The highest BCUT2D eigenvalue weighted by molar-refractivity contribution is 5.82. The Kier molecular flexibility index (Phi) is 4.20. The van der Waals surface area contributed by atoms with Crippen molar-refractivity contribution in [3.63, 3.8) is 0 Å². The van der Waals surface area contributed by atoms with Gasteiger partial charge in [0.25, 0.3) is 0 Å². The van der Waals surface area contributed by atoms with E-state index in [2.05, 4.69) is 25.8 Å². The largest absolute Gasteiger partial charge is 0.339 e. The second-order valence-corrected chi connectivity index (χ2v) is 6.08. The monoisotopic (exact) mass is 241 g/mol. The fourth-order valence-corrected chi connectivity index (χ4v) is 2.18. The Morgan fingerprint density at radius 1 is 1.41 bits per heavy atom. The Hall–Kier alpha value is -0.610. The lowest BCUT2D eigenvalue weighted by atomic mass is 9.85. The number of hydrogen-bond donors (Lipinski definition) is 1. The van der Waals surface area contributed by atoms with Crippen molar-refractivity contribution in [1.82, 2.24) is 9.80 Å². The first-order valence-electron chi connectivity index (χ1n) is 6.47. The van der Waals surface area contributed by atoms with E-state index in [-0.39, 0.29) is 11.4 Å². The van der Waals surface area contributed by atoms with Crippen LogP contribution >= 0.6 is 0 Å². The first kappa shape index (κ1) is 14.5.